The van der Waals surface area contributed by atoms with E-state index in [1.807, 2.05) is 0 Å². The fourth-order valence-electron chi connectivity index (χ4n) is 7.08. The highest BCUT2D eigenvalue weighted by Gasteiger charge is 2.25. The van der Waals surface area contributed by atoms with E-state index in [2.05, 4.69) is 22.9 Å². The van der Waals surface area contributed by atoms with Gasteiger partial charge >= 0.3 is 23.9 Å². The molecule has 3 saturated carbocycles. The van der Waals surface area contributed by atoms with E-state index in [1.165, 1.54) is 0 Å². The number of aliphatic carboxylic acids is 4. The minimum absolute atomic E-state index is 0. The summed E-state index contributed by atoms with van der Waals surface area (Å²) in [5, 5.41) is 51.2. The predicted molar refractivity (Wildman–Crippen MR) is 201 cm³/mol. The molecule has 0 radical (unpaired) electrons. The van der Waals surface area contributed by atoms with Gasteiger partial charge in [0.1, 0.15) is 11.5 Å². The standard InChI is InChI=1S/2C12H20O4.C10H16O4.3H2S/c1-9(16-15)8-11-4-2-10(3-5-11)6-7-12(13)14;1-9(16-15)7-11-4-2-3-10(8-11)5-6-12(13)14;11-9(12)5-7-1-2-8(4-3-7)6-10(13)14;;;/h2*10-11,15H,1-8H2,(H,13,14);7-8H,1-6H2,(H,11,12)(H,13,14);3*1H2. The van der Waals surface area contributed by atoms with Crippen LogP contribution in [0.1, 0.15) is 128 Å². The summed E-state index contributed by atoms with van der Waals surface area (Å²) in [6, 6.07) is 0. The average Bonchev–Trinajstić information content (AvgIpc) is 3.01. The molecule has 49 heavy (non-hydrogen) atoms. The quantitative estimate of drug-likeness (QED) is 0.0500. The topological polar surface area (TPSA) is 208 Å². The molecule has 0 aliphatic heterocycles. The van der Waals surface area contributed by atoms with Crippen molar-refractivity contribution in [3.63, 3.8) is 0 Å². The van der Waals surface area contributed by atoms with Crippen molar-refractivity contribution in [1.29, 1.82) is 0 Å². The lowest BCUT2D eigenvalue weighted by Crippen LogP contribution is -2.19. The van der Waals surface area contributed by atoms with Gasteiger partial charge in [-0.15, -0.1) is 0 Å². The molecule has 3 aliphatic carbocycles. The maximum Gasteiger partial charge on any atom is 0.303 e. The average molecular weight is 759 g/mol. The molecule has 12 nitrogen and oxygen atoms in total. The monoisotopic (exact) mass is 758 g/mol. The first-order valence-electron chi connectivity index (χ1n) is 16.7. The fraction of sp³-hybridized carbons (Fsp3) is 0.765. The Balaban J connectivity index is -0.000000630. The van der Waals surface area contributed by atoms with Crippen LogP contribution in [0.2, 0.25) is 0 Å². The largest absolute Gasteiger partial charge is 0.481 e. The van der Waals surface area contributed by atoms with E-state index in [0.717, 1.165) is 89.9 Å². The molecule has 0 saturated heterocycles. The second kappa shape index (κ2) is 29.6. The van der Waals surface area contributed by atoms with Gasteiger partial charge in [-0.2, -0.15) is 40.5 Å². The normalized spacial score (nSPS) is 24.1. The van der Waals surface area contributed by atoms with Gasteiger partial charge in [-0.3, -0.25) is 19.2 Å². The Morgan fingerprint density at radius 2 is 0.796 bits per heavy atom. The SMILES string of the molecule is C=C(CC1CCC(CCC(=O)O)CC1)OO.C=C(CC1CCCC(CCC(=O)O)C1)OO.O=C(O)CC1CCC(CC(=O)O)CC1.S.S.S. The second-order valence-electron chi connectivity index (χ2n) is 13.4. The second-order valence-corrected chi connectivity index (χ2v) is 13.4. The maximum atomic E-state index is 10.5. The Morgan fingerprint density at radius 3 is 1.16 bits per heavy atom. The minimum Gasteiger partial charge on any atom is -0.481 e. The Morgan fingerprint density at radius 1 is 0.469 bits per heavy atom. The number of hydrogen-bond acceptors (Lipinski definition) is 8. The lowest BCUT2D eigenvalue weighted by atomic mass is 9.78. The van der Waals surface area contributed by atoms with Gasteiger partial charge in [0.05, 0.1) is 0 Å². The number of rotatable bonds is 16. The summed E-state index contributed by atoms with van der Waals surface area (Å²) in [6.07, 6.45) is 16.1. The molecule has 0 aromatic rings. The fourth-order valence-corrected chi connectivity index (χ4v) is 7.08. The van der Waals surface area contributed by atoms with Gasteiger partial charge in [-0.1, -0.05) is 38.8 Å². The zero-order valence-electron chi connectivity index (χ0n) is 28.7. The van der Waals surface area contributed by atoms with E-state index in [1.54, 1.807) is 0 Å². The molecule has 6 N–H and O–H groups in total. The van der Waals surface area contributed by atoms with Crippen LogP contribution in [0.3, 0.4) is 0 Å². The van der Waals surface area contributed by atoms with Gasteiger partial charge in [0.25, 0.3) is 0 Å². The first kappa shape index (κ1) is 51.3. The van der Waals surface area contributed by atoms with Crippen LogP contribution in [-0.4, -0.2) is 54.8 Å². The van der Waals surface area contributed by atoms with Gasteiger partial charge in [-0.05, 0) is 99.7 Å². The van der Waals surface area contributed by atoms with E-state index in [-0.39, 0.29) is 78.0 Å². The van der Waals surface area contributed by atoms with Gasteiger partial charge in [0, 0.05) is 38.5 Å². The molecule has 288 valence electrons. The highest BCUT2D eigenvalue weighted by atomic mass is 32.1. The number of carboxylic acid groups (broad SMARTS) is 4. The third kappa shape index (κ3) is 26.4. The molecular formula is C34H62O12S3. The van der Waals surface area contributed by atoms with Crippen LogP contribution in [0.5, 0.6) is 0 Å². The van der Waals surface area contributed by atoms with E-state index in [0.29, 0.717) is 48.0 Å². The van der Waals surface area contributed by atoms with Crippen LogP contribution in [0.25, 0.3) is 0 Å². The van der Waals surface area contributed by atoms with Crippen LogP contribution >= 0.6 is 40.5 Å². The van der Waals surface area contributed by atoms with Crippen molar-refractivity contribution < 1.29 is 59.9 Å². The summed E-state index contributed by atoms with van der Waals surface area (Å²) < 4.78 is 0. The predicted octanol–water partition coefficient (Wildman–Crippen LogP) is 8.18. The zero-order chi connectivity index (χ0) is 34.5. The van der Waals surface area contributed by atoms with Gasteiger partial charge in [-0.25, -0.2) is 10.5 Å². The molecule has 15 heteroatoms. The maximum absolute atomic E-state index is 10.5. The smallest absolute Gasteiger partial charge is 0.303 e. The molecule has 0 spiro atoms. The molecule has 0 aromatic carbocycles. The Labute approximate surface area is 311 Å². The van der Waals surface area contributed by atoms with E-state index < -0.39 is 23.9 Å². The minimum atomic E-state index is -0.744. The first-order chi connectivity index (χ1) is 21.8. The molecule has 3 aliphatic rings. The van der Waals surface area contributed by atoms with Crippen LogP contribution < -0.4 is 0 Å². The first-order valence-corrected chi connectivity index (χ1v) is 16.7. The van der Waals surface area contributed by atoms with Crippen molar-refractivity contribution in [2.45, 2.75) is 128 Å². The molecular weight excluding hydrogens is 697 g/mol. The summed E-state index contributed by atoms with van der Waals surface area (Å²) in [4.78, 5) is 50.0. The molecule has 2 unspecified atom stereocenters. The summed E-state index contributed by atoms with van der Waals surface area (Å²) in [5.74, 6) is 0.505. The summed E-state index contributed by atoms with van der Waals surface area (Å²) >= 11 is 0. The van der Waals surface area contributed by atoms with Crippen molar-refractivity contribution in [3.05, 3.63) is 24.7 Å². The summed E-state index contributed by atoms with van der Waals surface area (Å²) in [7, 11) is 0. The van der Waals surface area contributed by atoms with Crippen molar-refractivity contribution in [2.75, 3.05) is 0 Å². The molecule has 0 bridgehead atoms. The van der Waals surface area contributed by atoms with Crippen LogP contribution in [0, 0.1) is 35.5 Å². The number of carboxylic acids is 4. The molecule has 0 amide bonds. The van der Waals surface area contributed by atoms with Crippen molar-refractivity contribution in [3.8, 4) is 0 Å². The summed E-state index contributed by atoms with van der Waals surface area (Å²) in [5.41, 5.74) is 0. The van der Waals surface area contributed by atoms with Crippen LogP contribution in [0.4, 0.5) is 0 Å². The molecule has 3 fully saturated rings. The number of hydrogen-bond donors (Lipinski definition) is 6. The molecule has 2 atom stereocenters. The van der Waals surface area contributed by atoms with Crippen LogP contribution in [-0.2, 0) is 29.0 Å². The number of allylic oxidation sites excluding steroid dienone is 2. The van der Waals surface area contributed by atoms with E-state index in [9.17, 15) is 19.2 Å². The Hall–Kier alpha value is -2.07. The molecule has 0 heterocycles. The van der Waals surface area contributed by atoms with Crippen molar-refractivity contribution >= 4 is 64.4 Å². The third-order valence-corrected chi connectivity index (χ3v) is 9.57. The zero-order valence-corrected chi connectivity index (χ0v) is 31.7. The van der Waals surface area contributed by atoms with Crippen molar-refractivity contribution in [1.82, 2.24) is 0 Å². The van der Waals surface area contributed by atoms with Gasteiger partial charge in [0.15, 0.2) is 0 Å². The van der Waals surface area contributed by atoms with Crippen LogP contribution in [0.15, 0.2) is 24.7 Å². The van der Waals surface area contributed by atoms with Crippen molar-refractivity contribution in [2.24, 2.45) is 35.5 Å². The van der Waals surface area contributed by atoms with Gasteiger partial charge in [0.2, 0.25) is 0 Å². The Bertz CT molecular complexity index is 940. The van der Waals surface area contributed by atoms with Gasteiger partial charge < -0.3 is 30.2 Å². The van der Waals surface area contributed by atoms with E-state index >= 15 is 0 Å². The lowest BCUT2D eigenvalue weighted by molar-refractivity contribution is -0.206. The highest BCUT2D eigenvalue weighted by Crippen LogP contribution is 2.36. The highest BCUT2D eigenvalue weighted by molar-refractivity contribution is 7.59. The number of carbonyl (C=O) groups is 4. The summed E-state index contributed by atoms with van der Waals surface area (Å²) in [6.45, 7) is 7.20. The van der Waals surface area contributed by atoms with E-state index in [4.69, 9.17) is 30.9 Å². The molecule has 3 rings (SSSR count). The third-order valence-electron chi connectivity index (χ3n) is 9.57. The Kier molecular flexibility index (Phi) is 31.0. The lowest BCUT2D eigenvalue weighted by Gasteiger charge is -2.28. The molecule has 0 aromatic heterocycles.